The minimum atomic E-state index is -0.338. The summed E-state index contributed by atoms with van der Waals surface area (Å²) in [4.78, 5) is 10.9. The van der Waals surface area contributed by atoms with E-state index in [2.05, 4.69) is 5.10 Å². The third kappa shape index (κ3) is 2.04. The van der Waals surface area contributed by atoms with Gasteiger partial charge < -0.3 is 5.73 Å². The molecular weight excluding hydrogens is 190 g/mol. The summed E-state index contributed by atoms with van der Waals surface area (Å²) < 4.78 is 1.72. The zero-order chi connectivity index (χ0) is 10.7. The summed E-state index contributed by atoms with van der Waals surface area (Å²) >= 11 is 0. The Balaban J connectivity index is 2.42. The average Bonchev–Trinajstić information content (AvgIpc) is 2.70. The molecule has 2 aromatic rings. The third-order valence-electron chi connectivity index (χ3n) is 2.11. The van der Waals surface area contributed by atoms with Crippen molar-refractivity contribution in [2.75, 3.05) is 0 Å². The first-order valence-electron chi connectivity index (χ1n) is 4.63. The van der Waals surface area contributed by atoms with Crippen molar-refractivity contribution in [1.82, 2.24) is 9.78 Å². The molecule has 0 saturated heterocycles. The fourth-order valence-corrected chi connectivity index (χ4v) is 1.48. The SMILES string of the molecule is NC(=O)Cc1ccccc1-n1cccn1. The Bertz CT molecular complexity index is 462. The molecule has 15 heavy (non-hydrogen) atoms. The van der Waals surface area contributed by atoms with Gasteiger partial charge in [0.2, 0.25) is 5.91 Å². The number of aromatic nitrogens is 2. The fraction of sp³-hybridized carbons (Fsp3) is 0.0909. The maximum absolute atomic E-state index is 10.9. The van der Waals surface area contributed by atoms with Gasteiger partial charge >= 0.3 is 0 Å². The van der Waals surface area contributed by atoms with Crippen molar-refractivity contribution in [1.29, 1.82) is 0 Å². The topological polar surface area (TPSA) is 60.9 Å². The molecule has 0 fully saturated rings. The smallest absolute Gasteiger partial charge is 0.221 e. The number of primary amides is 1. The van der Waals surface area contributed by atoms with E-state index in [0.29, 0.717) is 0 Å². The van der Waals surface area contributed by atoms with Crippen molar-refractivity contribution < 1.29 is 4.79 Å². The Labute approximate surface area is 87.3 Å². The number of nitrogens with zero attached hydrogens (tertiary/aromatic N) is 2. The highest BCUT2D eigenvalue weighted by molar-refractivity contribution is 5.77. The van der Waals surface area contributed by atoms with Gasteiger partial charge in [-0.15, -0.1) is 0 Å². The maximum Gasteiger partial charge on any atom is 0.221 e. The number of nitrogens with two attached hydrogens (primary N) is 1. The molecule has 1 aromatic heterocycles. The Morgan fingerprint density at radius 3 is 2.80 bits per heavy atom. The van der Waals surface area contributed by atoms with E-state index in [-0.39, 0.29) is 12.3 Å². The number of benzene rings is 1. The molecule has 2 rings (SSSR count). The van der Waals surface area contributed by atoms with E-state index in [1.165, 1.54) is 0 Å². The largest absolute Gasteiger partial charge is 0.369 e. The molecule has 1 amide bonds. The molecule has 1 aromatic carbocycles. The second-order valence-corrected chi connectivity index (χ2v) is 3.22. The van der Waals surface area contributed by atoms with Crippen LogP contribution >= 0.6 is 0 Å². The highest BCUT2D eigenvalue weighted by atomic mass is 16.1. The average molecular weight is 201 g/mol. The van der Waals surface area contributed by atoms with Crippen LogP contribution in [0, 0.1) is 0 Å². The Kier molecular flexibility index (Phi) is 2.49. The summed E-state index contributed by atoms with van der Waals surface area (Å²) in [5.74, 6) is -0.338. The Hall–Kier alpha value is -2.10. The van der Waals surface area contributed by atoms with Crippen LogP contribution < -0.4 is 5.73 Å². The normalized spacial score (nSPS) is 10.1. The van der Waals surface area contributed by atoms with Gasteiger partial charge in [-0.2, -0.15) is 5.10 Å². The molecule has 0 atom stereocenters. The molecule has 1 heterocycles. The van der Waals surface area contributed by atoms with Gasteiger partial charge in [0.1, 0.15) is 0 Å². The molecule has 0 radical (unpaired) electrons. The summed E-state index contributed by atoms with van der Waals surface area (Å²) in [6.45, 7) is 0. The van der Waals surface area contributed by atoms with E-state index in [9.17, 15) is 4.79 Å². The number of para-hydroxylation sites is 1. The van der Waals surface area contributed by atoms with Crippen LogP contribution in [0.25, 0.3) is 5.69 Å². The lowest BCUT2D eigenvalue weighted by Gasteiger charge is -2.07. The van der Waals surface area contributed by atoms with E-state index in [1.54, 1.807) is 10.9 Å². The lowest BCUT2D eigenvalue weighted by molar-refractivity contribution is -0.117. The van der Waals surface area contributed by atoms with E-state index in [4.69, 9.17) is 5.73 Å². The summed E-state index contributed by atoms with van der Waals surface area (Å²) in [7, 11) is 0. The number of amides is 1. The molecule has 0 aliphatic carbocycles. The minimum Gasteiger partial charge on any atom is -0.369 e. The quantitative estimate of drug-likeness (QED) is 0.802. The van der Waals surface area contributed by atoms with Crippen molar-refractivity contribution in [3.05, 3.63) is 48.3 Å². The van der Waals surface area contributed by atoms with Gasteiger partial charge in [-0.25, -0.2) is 4.68 Å². The Morgan fingerprint density at radius 1 is 1.33 bits per heavy atom. The highest BCUT2D eigenvalue weighted by Gasteiger charge is 2.06. The minimum absolute atomic E-state index is 0.232. The van der Waals surface area contributed by atoms with E-state index in [0.717, 1.165) is 11.3 Å². The van der Waals surface area contributed by atoms with E-state index in [1.807, 2.05) is 36.5 Å². The first-order chi connectivity index (χ1) is 7.27. The van der Waals surface area contributed by atoms with Gasteiger partial charge in [0.25, 0.3) is 0 Å². The summed E-state index contributed by atoms with van der Waals surface area (Å²) in [5.41, 5.74) is 6.95. The summed E-state index contributed by atoms with van der Waals surface area (Å²) in [6, 6.07) is 9.40. The zero-order valence-electron chi connectivity index (χ0n) is 8.13. The molecule has 0 saturated carbocycles. The number of hydrogen-bond acceptors (Lipinski definition) is 2. The Morgan fingerprint density at radius 2 is 2.13 bits per heavy atom. The molecule has 76 valence electrons. The van der Waals surface area contributed by atoms with Crippen LogP contribution in [0.4, 0.5) is 0 Å². The maximum atomic E-state index is 10.9. The van der Waals surface area contributed by atoms with Crippen LogP contribution in [0.2, 0.25) is 0 Å². The van der Waals surface area contributed by atoms with E-state index < -0.39 is 0 Å². The second-order valence-electron chi connectivity index (χ2n) is 3.22. The third-order valence-corrected chi connectivity index (χ3v) is 2.11. The molecule has 0 aliphatic heterocycles. The standard InChI is InChI=1S/C11H11N3O/c12-11(15)8-9-4-1-2-5-10(9)14-7-3-6-13-14/h1-7H,8H2,(H2,12,15). The number of carbonyl (C=O) groups excluding carboxylic acids is 1. The van der Waals surface area contributed by atoms with Crippen LogP contribution in [0.5, 0.6) is 0 Å². The van der Waals surface area contributed by atoms with Crippen molar-refractivity contribution >= 4 is 5.91 Å². The molecular formula is C11H11N3O. The number of rotatable bonds is 3. The lowest BCUT2D eigenvalue weighted by Crippen LogP contribution is -2.15. The van der Waals surface area contributed by atoms with Gasteiger partial charge in [-0.3, -0.25) is 4.79 Å². The van der Waals surface area contributed by atoms with Gasteiger partial charge in [0.15, 0.2) is 0 Å². The lowest BCUT2D eigenvalue weighted by atomic mass is 10.1. The van der Waals surface area contributed by atoms with Crippen LogP contribution in [0.15, 0.2) is 42.7 Å². The fourth-order valence-electron chi connectivity index (χ4n) is 1.48. The molecule has 0 bridgehead atoms. The van der Waals surface area contributed by atoms with Gasteiger partial charge in [-0.05, 0) is 17.7 Å². The predicted molar refractivity (Wildman–Crippen MR) is 56.5 cm³/mol. The van der Waals surface area contributed by atoms with Crippen LogP contribution in [0.1, 0.15) is 5.56 Å². The van der Waals surface area contributed by atoms with Gasteiger partial charge in [0, 0.05) is 12.4 Å². The molecule has 0 aliphatic rings. The van der Waals surface area contributed by atoms with Gasteiger partial charge in [0.05, 0.1) is 12.1 Å². The molecule has 0 unspecified atom stereocenters. The molecule has 2 N–H and O–H groups in total. The first kappa shape index (κ1) is 9.45. The van der Waals surface area contributed by atoms with Crippen molar-refractivity contribution in [3.8, 4) is 5.69 Å². The van der Waals surface area contributed by atoms with Crippen molar-refractivity contribution in [3.63, 3.8) is 0 Å². The second kappa shape index (κ2) is 3.96. The summed E-state index contributed by atoms with van der Waals surface area (Å²) in [5, 5.41) is 4.12. The molecule has 4 heteroatoms. The molecule has 4 nitrogen and oxygen atoms in total. The number of carbonyl (C=O) groups is 1. The monoisotopic (exact) mass is 201 g/mol. The van der Waals surface area contributed by atoms with Crippen molar-refractivity contribution in [2.45, 2.75) is 6.42 Å². The zero-order valence-corrected chi connectivity index (χ0v) is 8.13. The van der Waals surface area contributed by atoms with Crippen molar-refractivity contribution in [2.24, 2.45) is 5.73 Å². The highest BCUT2D eigenvalue weighted by Crippen LogP contribution is 2.13. The van der Waals surface area contributed by atoms with Gasteiger partial charge in [-0.1, -0.05) is 18.2 Å². The predicted octanol–water partition coefficient (Wildman–Crippen LogP) is 0.900. The first-order valence-corrected chi connectivity index (χ1v) is 4.63. The molecule has 0 spiro atoms. The van der Waals surface area contributed by atoms with Crippen LogP contribution in [0.3, 0.4) is 0 Å². The van der Waals surface area contributed by atoms with Crippen LogP contribution in [-0.4, -0.2) is 15.7 Å². The number of hydrogen-bond donors (Lipinski definition) is 1. The van der Waals surface area contributed by atoms with Crippen LogP contribution in [-0.2, 0) is 11.2 Å². The summed E-state index contributed by atoms with van der Waals surface area (Å²) in [6.07, 6.45) is 3.76. The van der Waals surface area contributed by atoms with E-state index >= 15 is 0 Å².